The second-order valence-corrected chi connectivity index (χ2v) is 7.66. The molecule has 0 bridgehead atoms. The van der Waals surface area contributed by atoms with Crippen LogP contribution in [0.4, 0.5) is 5.82 Å². The summed E-state index contributed by atoms with van der Waals surface area (Å²) in [5.74, 6) is 3.50. The predicted molar refractivity (Wildman–Crippen MR) is 111 cm³/mol. The molecule has 9 heteroatoms. The smallest absolute Gasteiger partial charge is 0.186 e. The van der Waals surface area contributed by atoms with Crippen LogP contribution in [0.5, 0.6) is 0 Å². The number of rotatable bonds is 3. The molecular weight excluding hydrogens is 384 g/mol. The zero-order valence-electron chi connectivity index (χ0n) is 15.4. The van der Waals surface area contributed by atoms with E-state index in [-0.39, 0.29) is 0 Å². The number of fused-ring (bicyclic) bond motifs is 2. The fraction of sp³-hybridized carbons (Fsp3) is 0.150. The van der Waals surface area contributed by atoms with Gasteiger partial charge in [-0.15, -0.1) is 25.5 Å². The third kappa shape index (κ3) is 2.70. The average Bonchev–Trinajstić information content (AvgIpc) is 3.52. The lowest BCUT2D eigenvalue weighted by Gasteiger charge is -2.28. The number of thiophene rings is 1. The lowest BCUT2D eigenvalue weighted by molar-refractivity contribution is 0.557. The molecule has 0 unspecified atom stereocenters. The first kappa shape index (κ1) is 16.4. The first-order valence-electron chi connectivity index (χ1n) is 9.34. The molecule has 4 aromatic heterocycles. The van der Waals surface area contributed by atoms with E-state index in [0.717, 1.165) is 53.2 Å². The summed E-state index contributed by atoms with van der Waals surface area (Å²) in [5.41, 5.74) is 2.85. The number of benzene rings is 1. The molecule has 0 amide bonds. The Balaban J connectivity index is 1.34. The molecule has 0 radical (unpaired) electrons. The maximum Gasteiger partial charge on any atom is 0.186 e. The molecule has 0 spiro atoms. The molecule has 6 rings (SSSR count). The van der Waals surface area contributed by atoms with Crippen molar-refractivity contribution in [3.63, 3.8) is 0 Å². The van der Waals surface area contributed by atoms with Crippen LogP contribution < -0.4 is 4.90 Å². The first-order valence-corrected chi connectivity index (χ1v) is 10.3. The molecule has 29 heavy (non-hydrogen) atoms. The van der Waals surface area contributed by atoms with E-state index in [4.69, 9.17) is 5.10 Å². The normalized spacial score (nSPS) is 13.7. The van der Waals surface area contributed by atoms with E-state index < -0.39 is 0 Å². The van der Waals surface area contributed by atoms with E-state index in [1.54, 1.807) is 11.3 Å². The Labute approximate surface area is 170 Å². The molecule has 1 aliphatic heterocycles. The van der Waals surface area contributed by atoms with Gasteiger partial charge in [-0.3, -0.25) is 0 Å². The summed E-state index contributed by atoms with van der Waals surface area (Å²) in [6.45, 7) is 2.30. The van der Waals surface area contributed by atoms with Crippen molar-refractivity contribution in [1.82, 2.24) is 34.6 Å². The lowest BCUT2D eigenvalue weighted by Crippen LogP contribution is -2.34. The molecule has 1 aliphatic rings. The van der Waals surface area contributed by atoms with Gasteiger partial charge in [-0.2, -0.15) is 15.9 Å². The minimum Gasteiger partial charge on any atom is -0.346 e. The average molecular weight is 400 g/mol. The molecule has 5 heterocycles. The van der Waals surface area contributed by atoms with Gasteiger partial charge in [0.1, 0.15) is 5.82 Å². The Morgan fingerprint density at radius 3 is 2.55 bits per heavy atom. The Morgan fingerprint density at radius 2 is 1.69 bits per heavy atom. The fourth-order valence-electron chi connectivity index (χ4n) is 3.67. The van der Waals surface area contributed by atoms with Gasteiger partial charge >= 0.3 is 0 Å². The fourth-order valence-corrected chi connectivity index (χ4v) is 4.31. The number of hydrogen-bond donors (Lipinski definition) is 0. The van der Waals surface area contributed by atoms with Crippen molar-refractivity contribution in [3.05, 3.63) is 65.1 Å². The Kier molecular flexibility index (Phi) is 3.66. The van der Waals surface area contributed by atoms with Crippen LogP contribution in [-0.2, 0) is 13.1 Å². The molecule has 5 aromatic rings. The molecule has 8 nitrogen and oxygen atoms in total. The van der Waals surface area contributed by atoms with Crippen LogP contribution in [0.2, 0.25) is 0 Å². The summed E-state index contributed by atoms with van der Waals surface area (Å²) in [6, 6.07) is 16.2. The van der Waals surface area contributed by atoms with Crippen molar-refractivity contribution in [2.75, 3.05) is 11.4 Å². The molecule has 0 atom stereocenters. The highest BCUT2D eigenvalue weighted by atomic mass is 32.1. The second-order valence-electron chi connectivity index (χ2n) is 6.88. The quantitative estimate of drug-likeness (QED) is 0.463. The number of hydrogen-bond acceptors (Lipinski definition) is 7. The molecule has 0 saturated carbocycles. The van der Waals surface area contributed by atoms with Crippen molar-refractivity contribution < 1.29 is 0 Å². The zero-order chi connectivity index (χ0) is 19.2. The van der Waals surface area contributed by atoms with E-state index in [1.165, 1.54) is 0 Å². The molecule has 0 fully saturated rings. The van der Waals surface area contributed by atoms with Crippen LogP contribution in [0.3, 0.4) is 0 Å². The van der Waals surface area contributed by atoms with Crippen LogP contribution in [0, 0.1) is 0 Å². The summed E-state index contributed by atoms with van der Waals surface area (Å²) in [6.07, 6.45) is 0. The standard InChI is InChI=1S/C20H16N8S/c1-2-4-14(5-3-1)19-23-22-18-12-26(9-10-27(18)19)17-7-6-16-21-24-20(28(16)25-17)15-8-11-29-13-15/h1-8,11,13H,9-10,12H2. The van der Waals surface area contributed by atoms with Crippen LogP contribution in [0.15, 0.2) is 59.3 Å². The molecular formula is C20H16N8S. The van der Waals surface area contributed by atoms with E-state index in [9.17, 15) is 0 Å². The number of nitrogens with zero attached hydrogens (tertiary/aromatic N) is 8. The van der Waals surface area contributed by atoms with Crippen molar-refractivity contribution in [3.8, 4) is 22.8 Å². The van der Waals surface area contributed by atoms with Gasteiger partial charge in [-0.25, -0.2) is 0 Å². The summed E-state index contributed by atoms with van der Waals surface area (Å²) in [7, 11) is 0. The van der Waals surface area contributed by atoms with Gasteiger partial charge in [0.15, 0.2) is 23.1 Å². The van der Waals surface area contributed by atoms with E-state index >= 15 is 0 Å². The maximum absolute atomic E-state index is 4.82. The van der Waals surface area contributed by atoms with Gasteiger partial charge in [0.25, 0.3) is 0 Å². The Hall–Kier alpha value is -3.59. The molecule has 142 valence electrons. The topological polar surface area (TPSA) is 77.0 Å². The van der Waals surface area contributed by atoms with Crippen molar-refractivity contribution >= 4 is 22.8 Å². The summed E-state index contributed by atoms with van der Waals surface area (Å²) in [5, 5.41) is 26.3. The highest BCUT2D eigenvalue weighted by Gasteiger charge is 2.23. The van der Waals surface area contributed by atoms with Crippen LogP contribution in [0.1, 0.15) is 5.82 Å². The minimum absolute atomic E-state index is 0.661. The monoisotopic (exact) mass is 400 g/mol. The summed E-state index contributed by atoms with van der Waals surface area (Å²) in [4.78, 5) is 2.22. The maximum atomic E-state index is 4.82. The van der Waals surface area contributed by atoms with Gasteiger partial charge in [-0.05, 0) is 23.6 Å². The number of aromatic nitrogens is 7. The number of anilines is 1. The highest BCUT2D eigenvalue weighted by molar-refractivity contribution is 7.08. The second kappa shape index (κ2) is 6.49. The van der Waals surface area contributed by atoms with Crippen LogP contribution in [-0.4, -0.2) is 41.1 Å². The van der Waals surface area contributed by atoms with Gasteiger partial charge in [-0.1, -0.05) is 30.3 Å². The molecule has 0 aliphatic carbocycles. The minimum atomic E-state index is 0.661. The third-order valence-electron chi connectivity index (χ3n) is 5.14. The van der Waals surface area contributed by atoms with Crippen molar-refractivity contribution in [2.24, 2.45) is 0 Å². The van der Waals surface area contributed by atoms with E-state index in [0.29, 0.717) is 6.54 Å². The Morgan fingerprint density at radius 1 is 0.793 bits per heavy atom. The SMILES string of the molecule is c1ccc(-c2nnc3n2CCN(c2ccc4nnc(-c5ccsc5)n4n2)C3)cc1. The lowest BCUT2D eigenvalue weighted by atomic mass is 10.2. The van der Waals surface area contributed by atoms with Gasteiger partial charge < -0.3 is 9.47 Å². The van der Waals surface area contributed by atoms with Gasteiger partial charge in [0.05, 0.1) is 6.54 Å². The van der Waals surface area contributed by atoms with E-state index in [2.05, 4.69) is 47.4 Å². The summed E-state index contributed by atoms with van der Waals surface area (Å²) < 4.78 is 4.01. The molecule has 1 aromatic carbocycles. The van der Waals surface area contributed by atoms with Gasteiger partial charge in [0, 0.05) is 29.6 Å². The third-order valence-corrected chi connectivity index (χ3v) is 5.82. The first-order chi connectivity index (χ1) is 14.4. The van der Waals surface area contributed by atoms with Crippen molar-refractivity contribution in [1.29, 1.82) is 0 Å². The molecule has 0 N–H and O–H groups in total. The molecule has 0 saturated heterocycles. The highest BCUT2D eigenvalue weighted by Crippen LogP contribution is 2.25. The van der Waals surface area contributed by atoms with Gasteiger partial charge in [0.2, 0.25) is 0 Å². The van der Waals surface area contributed by atoms with Crippen LogP contribution >= 0.6 is 11.3 Å². The van der Waals surface area contributed by atoms with Crippen LogP contribution in [0.25, 0.3) is 28.4 Å². The van der Waals surface area contributed by atoms with E-state index in [1.807, 2.05) is 46.3 Å². The zero-order valence-corrected chi connectivity index (χ0v) is 16.2. The Bertz CT molecular complexity index is 1290. The predicted octanol–water partition coefficient (Wildman–Crippen LogP) is 3.13. The summed E-state index contributed by atoms with van der Waals surface area (Å²) >= 11 is 1.63. The van der Waals surface area contributed by atoms with Crippen molar-refractivity contribution in [2.45, 2.75) is 13.1 Å². The largest absolute Gasteiger partial charge is 0.346 e.